The van der Waals surface area contributed by atoms with Crippen LogP contribution in [0, 0.1) is 6.92 Å². The molecule has 3 N–H and O–H groups in total. The van der Waals surface area contributed by atoms with E-state index < -0.39 is 11.9 Å². The highest BCUT2D eigenvalue weighted by atomic mass is 32.2. The minimum atomic E-state index is -0.704. The van der Waals surface area contributed by atoms with E-state index >= 15 is 0 Å². The van der Waals surface area contributed by atoms with Crippen molar-refractivity contribution in [1.29, 1.82) is 0 Å². The molecule has 1 aliphatic rings. The number of aryl methyl sites for hydroxylation is 1. The predicted octanol–water partition coefficient (Wildman–Crippen LogP) is 3.89. The highest BCUT2D eigenvalue weighted by Crippen LogP contribution is 2.32. The summed E-state index contributed by atoms with van der Waals surface area (Å²) in [6.45, 7) is 2.33. The van der Waals surface area contributed by atoms with Gasteiger partial charge in [-0.15, -0.1) is 11.8 Å². The van der Waals surface area contributed by atoms with Crippen molar-refractivity contribution in [3.8, 4) is 0 Å². The Hall–Kier alpha value is -3.58. The first-order chi connectivity index (χ1) is 15.9. The molecule has 33 heavy (non-hydrogen) atoms. The molecule has 0 aromatic heterocycles. The molecule has 3 aromatic carbocycles. The summed E-state index contributed by atoms with van der Waals surface area (Å²) in [5.41, 5.74) is 9.32. The molecule has 0 spiro atoms. The number of carbonyl (C=O) groups excluding carboxylic acids is 3. The van der Waals surface area contributed by atoms with Crippen LogP contribution < -0.4 is 11.1 Å². The van der Waals surface area contributed by atoms with E-state index in [9.17, 15) is 14.4 Å². The molecular formula is C26H25N3O3S. The Bertz CT molecular complexity index is 1180. The van der Waals surface area contributed by atoms with Gasteiger partial charge in [-0.3, -0.25) is 14.4 Å². The monoisotopic (exact) mass is 459 g/mol. The Kier molecular flexibility index (Phi) is 6.79. The Morgan fingerprint density at radius 1 is 1.06 bits per heavy atom. The van der Waals surface area contributed by atoms with Crippen molar-refractivity contribution < 1.29 is 14.4 Å². The van der Waals surface area contributed by atoms with Gasteiger partial charge in [0, 0.05) is 28.4 Å². The maximum Gasteiger partial charge on any atom is 0.255 e. The van der Waals surface area contributed by atoms with Crippen LogP contribution in [0.2, 0.25) is 0 Å². The lowest BCUT2D eigenvalue weighted by Gasteiger charge is -2.27. The van der Waals surface area contributed by atoms with E-state index in [-0.39, 0.29) is 11.8 Å². The zero-order valence-electron chi connectivity index (χ0n) is 18.3. The molecule has 0 saturated heterocycles. The van der Waals surface area contributed by atoms with Gasteiger partial charge in [0.25, 0.3) is 11.8 Å². The molecule has 1 atom stereocenters. The van der Waals surface area contributed by atoms with Crippen molar-refractivity contribution in [2.45, 2.75) is 24.3 Å². The summed E-state index contributed by atoms with van der Waals surface area (Å²) < 4.78 is 0. The average molecular weight is 460 g/mol. The Balaban J connectivity index is 1.58. The molecule has 0 bridgehead atoms. The van der Waals surface area contributed by atoms with Gasteiger partial charge in [0.2, 0.25) is 5.91 Å². The maximum absolute atomic E-state index is 13.5. The smallest absolute Gasteiger partial charge is 0.255 e. The lowest BCUT2D eigenvalue weighted by molar-refractivity contribution is -0.121. The van der Waals surface area contributed by atoms with Gasteiger partial charge in [0.05, 0.1) is 5.56 Å². The van der Waals surface area contributed by atoms with Crippen LogP contribution in [0.5, 0.6) is 0 Å². The minimum Gasteiger partial charge on any atom is -0.368 e. The number of thioether (sulfide) groups is 1. The first-order valence-corrected chi connectivity index (χ1v) is 11.7. The fraction of sp³-hybridized carbons (Fsp3) is 0.192. The minimum absolute atomic E-state index is 0.250. The number of amides is 3. The van der Waals surface area contributed by atoms with Crippen molar-refractivity contribution in [3.05, 3.63) is 95.1 Å². The summed E-state index contributed by atoms with van der Waals surface area (Å²) in [4.78, 5) is 40.6. The van der Waals surface area contributed by atoms with E-state index in [0.29, 0.717) is 35.5 Å². The molecule has 0 radical (unpaired) electrons. The third kappa shape index (κ3) is 5.26. The summed E-state index contributed by atoms with van der Waals surface area (Å²) >= 11 is 1.42. The van der Waals surface area contributed by atoms with Crippen LogP contribution in [-0.2, 0) is 11.2 Å². The Labute approximate surface area is 197 Å². The Morgan fingerprint density at radius 2 is 1.79 bits per heavy atom. The summed E-state index contributed by atoms with van der Waals surface area (Å²) in [7, 11) is 0. The van der Waals surface area contributed by atoms with Gasteiger partial charge in [0.15, 0.2) is 0 Å². The molecule has 3 amide bonds. The van der Waals surface area contributed by atoms with E-state index in [4.69, 9.17) is 5.73 Å². The maximum atomic E-state index is 13.5. The highest BCUT2D eigenvalue weighted by Gasteiger charge is 2.33. The van der Waals surface area contributed by atoms with Crippen molar-refractivity contribution in [2.75, 3.05) is 17.6 Å². The third-order valence-electron chi connectivity index (χ3n) is 5.63. The number of primary amides is 1. The molecule has 6 nitrogen and oxygen atoms in total. The number of nitrogens with zero attached hydrogens (tertiary/aromatic N) is 1. The van der Waals surface area contributed by atoms with Crippen molar-refractivity contribution in [1.82, 2.24) is 4.90 Å². The fourth-order valence-corrected chi connectivity index (χ4v) is 4.90. The van der Waals surface area contributed by atoms with Crippen LogP contribution in [-0.4, -0.2) is 41.0 Å². The number of anilines is 1. The van der Waals surface area contributed by atoms with Gasteiger partial charge in [-0.05, 0) is 49.2 Å². The molecule has 0 aliphatic carbocycles. The second kappa shape index (κ2) is 9.92. The summed E-state index contributed by atoms with van der Waals surface area (Å²) in [6.07, 6.45) is 0.611. The topological polar surface area (TPSA) is 92.5 Å². The predicted molar refractivity (Wildman–Crippen MR) is 130 cm³/mol. The van der Waals surface area contributed by atoms with E-state index in [1.807, 2.05) is 49.4 Å². The normalized spacial score (nSPS) is 15.5. The number of hydrogen-bond acceptors (Lipinski definition) is 4. The van der Waals surface area contributed by atoms with Gasteiger partial charge < -0.3 is 16.0 Å². The molecule has 1 aliphatic heterocycles. The lowest BCUT2D eigenvalue weighted by Crippen LogP contribution is -2.49. The van der Waals surface area contributed by atoms with Crippen LogP contribution in [0.4, 0.5) is 5.69 Å². The Morgan fingerprint density at radius 3 is 2.48 bits per heavy atom. The van der Waals surface area contributed by atoms with Crippen LogP contribution in [0.3, 0.4) is 0 Å². The van der Waals surface area contributed by atoms with E-state index in [1.54, 1.807) is 35.2 Å². The summed E-state index contributed by atoms with van der Waals surface area (Å²) in [5, 5.41) is 2.86. The largest absolute Gasteiger partial charge is 0.368 e. The number of nitrogens with two attached hydrogens (primary N) is 1. The summed E-state index contributed by atoms with van der Waals surface area (Å²) in [6, 6.07) is 21.6. The van der Waals surface area contributed by atoms with Crippen LogP contribution >= 0.6 is 11.8 Å². The molecule has 4 rings (SSSR count). The second-order valence-corrected chi connectivity index (χ2v) is 9.06. The van der Waals surface area contributed by atoms with Crippen LogP contribution in [0.25, 0.3) is 0 Å². The molecule has 3 aromatic rings. The summed E-state index contributed by atoms with van der Waals surface area (Å²) in [5.74, 6) is -0.650. The van der Waals surface area contributed by atoms with Gasteiger partial charge in [-0.1, -0.05) is 48.0 Å². The van der Waals surface area contributed by atoms with Crippen LogP contribution in [0.15, 0.2) is 77.7 Å². The first-order valence-electron chi connectivity index (χ1n) is 10.7. The number of benzene rings is 3. The third-order valence-corrected chi connectivity index (χ3v) is 6.78. The van der Waals surface area contributed by atoms with Gasteiger partial charge in [-0.25, -0.2) is 0 Å². The van der Waals surface area contributed by atoms with Crippen molar-refractivity contribution in [2.24, 2.45) is 5.73 Å². The zero-order chi connectivity index (χ0) is 23.4. The second-order valence-electron chi connectivity index (χ2n) is 7.99. The van der Waals surface area contributed by atoms with Gasteiger partial charge in [0.1, 0.15) is 6.04 Å². The highest BCUT2D eigenvalue weighted by molar-refractivity contribution is 7.99. The molecule has 0 fully saturated rings. The number of carbonyl (C=O) groups is 3. The number of fused-ring (bicyclic) bond motifs is 1. The quantitative estimate of drug-likeness (QED) is 0.585. The van der Waals surface area contributed by atoms with Crippen molar-refractivity contribution >= 4 is 35.2 Å². The van der Waals surface area contributed by atoms with E-state index in [0.717, 1.165) is 16.0 Å². The van der Waals surface area contributed by atoms with E-state index in [1.165, 1.54) is 11.8 Å². The molecule has 0 saturated carbocycles. The van der Waals surface area contributed by atoms with Crippen molar-refractivity contribution in [3.63, 3.8) is 0 Å². The number of hydrogen-bond donors (Lipinski definition) is 2. The van der Waals surface area contributed by atoms with Gasteiger partial charge >= 0.3 is 0 Å². The first kappa shape index (κ1) is 22.6. The lowest BCUT2D eigenvalue weighted by atomic mass is 10.1. The van der Waals surface area contributed by atoms with E-state index in [2.05, 4.69) is 5.32 Å². The van der Waals surface area contributed by atoms with Crippen LogP contribution in [0.1, 0.15) is 31.8 Å². The number of rotatable bonds is 6. The number of nitrogens with one attached hydrogen (secondary N) is 1. The molecule has 1 unspecified atom stereocenters. The fourth-order valence-electron chi connectivity index (χ4n) is 3.75. The molecule has 1 heterocycles. The molecular weight excluding hydrogens is 434 g/mol. The van der Waals surface area contributed by atoms with Gasteiger partial charge in [-0.2, -0.15) is 0 Å². The molecule has 168 valence electrons. The average Bonchev–Trinajstić information content (AvgIpc) is 2.95. The SMILES string of the molecule is Cc1ccc(C(=O)Nc2ccc3c(c2)C(=O)N(CCc2ccccc2)C(C(N)=O)CS3)cc1. The molecule has 7 heteroatoms. The standard InChI is InChI=1S/C26H25N3O3S/c1-17-7-9-19(10-8-17)25(31)28-20-11-12-23-21(15-20)26(32)29(22(16-33-23)24(27)30)14-13-18-5-3-2-4-6-18/h2-12,15,22H,13-14,16H2,1H3,(H2,27,30)(H,28,31). The zero-order valence-corrected chi connectivity index (χ0v) is 19.1.